The van der Waals surface area contributed by atoms with Gasteiger partial charge in [0, 0.05) is 24.6 Å². The second-order valence-corrected chi connectivity index (χ2v) is 6.92. The topological polar surface area (TPSA) is 80.6 Å². The van der Waals surface area contributed by atoms with E-state index in [0.29, 0.717) is 23.2 Å². The smallest absolute Gasteiger partial charge is 0.193 e. The van der Waals surface area contributed by atoms with Crippen LogP contribution in [0, 0.1) is 0 Å². The number of nitrogens with one attached hydrogen (secondary N) is 1. The lowest BCUT2D eigenvalue weighted by atomic mass is 9.90. The molecule has 134 valence electrons. The minimum absolute atomic E-state index is 0.445. The fourth-order valence-electron chi connectivity index (χ4n) is 3.39. The third kappa shape index (κ3) is 3.51. The molecule has 0 saturated carbocycles. The van der Waals surface area contributed by atoms with Gasteiger partial charge in [-0.25, -0.2) is 9.50 Å². The Labute approximate surface area is 157 Å². The van der Waals surface area contributed by atoms with E-state index in [2.05, 4.69) is 38.6 Å². The van der Waals surface area contributed by atoms with Crippen molar-refractivity contribution >= 4 is 28.9 Å². The number of aromatic nitrogens is 3. The van der Waals surface area contributed by atoms with Crippen molar-refractivity contribution < 1.29 is 0 Å². The van der Waals surface area contributed by atoms with Crippen molar-refractivity contribution in [2.45, 2.75) is 32.1 Å². The predicted molar refractivity (Wildman–Crippen MR) is 105 cm³/mol. The van der Waals surface area contributed by atoms with E-state index in [1.165, 1.54) is 24.0 Å². The van der Waals surface area contributed by atoms with Gasteiger partial charge in [-0.3, -0.25) is 4.99 Å². The van der Waals surface area contributed by atoms with Crippen LogP contribution in [0.15, 0.2) is 41.8 Å². The van der Waals surface area contributed by atoms with Crippen LogP contribution in [-0.4, -0.2) is 27.1 Å². The quantitative estimate of drug-likeness (QED) is 0.547. The van der Waals surface area contributed by atoms with Crippen molar-refractivity contribution in [3.63, 3.8) is 0 Å². The number of anilines is 1. The van der Waals surface area contributed by atoms with Crippen molar-refractivity contribution in [3.05, 3.63) is 58.5 Å². The fraction of sp³-hybridized carbons (Fsp3) is 0.316. The highest BCUT2D eigenvalue weighted by molar-refractivity contribution is 6.33. The molecule has 0 amide bonds. The summed E-state index contributed by atoms with van der Waals surface area (Å²) in [6.07, 6.45) is 10.8. The maximum Gasteiger partial charge on any atom is 0.193 e. The Kier molecular flexibility index (Phi) is 4.75. The summed E-state index contributed by atoms with van der Waals surface area (Å²) in [5.74, 6) is 0.445. The molecule has 3 N–H and O–H groups in total. The second kappa shape index (κ2) is 7.33. The third-order valence-electron chi connectivity index (χ3n) is 4.71. The van der Waals surface area contributed by atoms with Crippen molar-refractivity contribution in [1.82, 2.24) is 14.6 Å². The van der Waals surface area contributed by atoms with Crippen molar-refractivity contribution in [2.24, 2.45) is 10.7 Å². The Morgan fingerprint density at radius 3 is 3.08 bits per heavy atom. The van der Waals surface area contributed by atoms with E-state index >= 15 is 0 Å². The number of halogens is 1. The second-order valence-electron chi connectivity index (χ2n) is 6.52. The van der Waals surface area contributed by atoms with E-state index in [-0.39, 0.29) is 0 Å². The fourth-order valence-corrected chi connectivity index (χ4v) is 3.57. The molecule has 6 nitrogen and oxygen atoms in total. The number of benzene rings is 1. The third-order valence-corrected chi connectivity index (χ3v) is 4.97. The molecular formula is C19H21ClN6. The number of rotatable bonds is 4. The molecule has 7 heteroatoms. The summed E-state index contributed by atoms with van der Waals surface area (Å²) in [7, 11) is 0. The van der Waals surface area contributed by atoms with Gasteiger partial charge in [0.25, 0.3) is 0 Å². The van der Waals surface area contributed by atoms with Crippen molar-refractivity contribution in [2.75, 3.05) is 11.9 Å². The lowest BCUT2D eigenvalue weighted by Crippen LogP contribution is -2.24. The number of nitrogens with zero attached hydrogens (tertiary/aromatic N) is 4. The minimum Gasteiger partial charge on any atom is -0.370 e. The first-order chi connectivity index (χ1) is 12.7. The van der Waals surface area contributed by atoms with E-state index in [1.807, 2.05) is 6.20 Å². The Morgan fingerprint density at radius 2 is 2.15 bits per heavy atom. The Bertz CT molecular complexity index is 962. The Morgan fingerprint density at radius 1 is 1.27 bits per heavy atom. The molecule has 0 spiro atoms. The summed E-state index contributed by atoms with van der Waals surface area (Å²) >= 11 is 6.01. The Hall–Kier alpha value is -2.60. The zero-order valence-corrected chi connectivity index (χ0v) is 15.2. The summed E-state index contributed by atoms with van der Waals surface area (Å²) in [5, 5.41) is 7.98. The molecule has 0 aliphatic heterocycles. The molecule has 0 unspecified atom stereocenters. The first-order valence-corrected chi connectivity index (χ1v) is 9.24. The number of aryl methyl sites for hydroxylation is 1. The van der Waals surface area contributed by atoms with Gasteiger partial charge in [0.2, 0.25) is 0 Å². The molecule has 0 fully saturated rings. The highest BCUT2D eigenvalue weighted by Crippen LogP contribution is 2.27. The number of aliphatic imine (C=N–C) groups is 1. The minimum atomic E-state index is 0.445. The van der Waals surface area contributed by atoms with Crippen LogP contribution in [0.25, 0.3) is 5.65 Å². The van der Waals surface area contributed by atoms with Gasteiger partial charge in [0.1, 0.15) is 5.02 Å². The van der Waals surface area contributed by atoms with Gasteiger partial charge >= 0.3 is 0 Å². The van der Waals surface area contributed by atoms with Crippen LogP contribution in [-0.2, 0) is 19.3 Å². The SMILES string of the molecule is NC(=NCCc1cnc2c(Cl)cnn2c1)Nc1cccc2c1CCCC2. The molecular weight excluding hydrogens is 348 g/mol. The standard InChI is InChI=1S/C19H21ClN6/c20-16-11-24-26-12-13(10-23-18(16)26)8-9-22-19(21)25-17-7-3-5-14-4-1-2-6-15(14)17/h3,5,7,10-12H,1-2,4,6,8-9H2,(H3,21,22,25). The molecule has 2 heterocycles. The average Bonchev–Trinajstić information content (AvgIpc) is 3.02. The lowest BCUT2D eigenvalue weighted by Gasteiger charge is -2.19. The summed E-state index contributed by atoms with van der Waals surface area (Å²) in [4.78, 5) is 8.78. The largest absolute Gasteiger partial charge is 0.370 e. The predicted octanol–water partition coefficient (Wildman–Crippen LogP) is 3.23. The zero-order valence-electron chi connectivity index (χ0n) is 14.5. The molecule has 0 bridgehead atoms. The van der Waals surface area contributed by atoms with Crippen LogP contribution in [0.5, 0.6) is 0 Å². The molecule has 26 heavy (non-hydrogen) atoms. The molecule has 2 aromatic heterocycles. The maximum atomic E-state index is 6.09. The van der Waals surface area contributed by atoms with Gasteiger partial charge < -0.3 is 11.1 Å². The van der Waals surface area contributed by atoms with Crippen molar-refractivity contribution in [1.29, 1.82) is 0 Å². The molecule has 0 saturated heterocycles. The summed E-state index contributed by atoms with van der Waals surface area (Å²) in [5.41, 5.74) is 11.7. The van der Waals surface area contributed by atoms with Crippen LogP contribution >= 0.6 is 11.6 Å². The first-order valence-electron chi connectivity index (χ1n) is 8.86. The molecule has 3 aromatic rings. The van der Waals surface area contributed by atoms with E-state index in [0.717, 1.165) is 30.5 Å². The number of hydrogen-bond acceptors (Lipinski definition) is 3. The van der Waals surface area contributed by atoms with Crippen LogP contribution in [0.1, 0.15) is 29.5 Å². The summed E-state index contributed by atoms with van der Waals surface area (Å²) in [6, 6.07) is 6.36. The molecule has 1 aliphatic carbocycles. The average molecular weight is 369 g/mol. The molecule has 0 atom stereocenters. The number of nitrogens with two attached hydrogens (primary N) is 1. The van der Waals surface area contributed by atoms with E-state index in [9.17, 15) is 0 Å². The van der Waals surface area contributed by atoms with Gasteiger partial charge in [-0.05, 0) is 54.9 Å². The van der Waals surface area contributed by atoms with Gasteiger partial charge in [0.05, 0.1) is 6.20 Å². The van der Waals surface area contributed by atoms with Gasteiger partial charge in [-0.2, -0.15) is 5.10 Å². The lowest BCUT2D eigenvalue weighted by molar-refractivity contribution is 0.687. The highest BCUT2D eigenvalue weighted by Gasteiger charge is 2.13. The molecule has 4 rings (SSSR count). The monoisotopic (exact) mass is 368 g/mol. The van der Waals surface area contributed by atoms with Gasteiger partial charge in [-0.1, -0.05) is 23.7 Å². The summed E-state index contributed by atoms with van der Waals surface area (Å²) < 4.78 is 1.68. The van der Waals surface area contributed by atoms with Gasteiger partial charge in [-0.15, -0.1) is 0 Å². The maximum absolute atomic E-state index is 6.09. The van der Waals surface area contributed by atoms with Crippen LogP contribution in [0.3, 0.4) is 0 Å². The highest BCUT2D eigenvalue weighted by atomic mass is 35.5. The van der Waals surface area contributed by atoms with Crippen LogP contribution < -0.4 is 11.1 Å². The summed E-state index contributed by atoms with van der Waals surface area (Å²) in [6.45, 7) is 0.579. The van der Waals surface area contributed by atoms with E-state index < -0.39 is 0 Å². The molecule has 0 radical (unpaired) electrons. The van der Waals surface area contributed by atoms with Crippen LogP contribution in [0.2, 0.25) is 5.02 Å². The number of guanidine groups is 1. The number of fused-ring (bicyclic) bond motifs is 2. The zero-order chi connectivity index (χ0) is 17.9. The van der Waals surface area contributed by atoms with Crippen LogP contribution in [0.4, 0.5) is 5.69 Å². The van der Waals surface area contributed by atoms with Crippen molar-refractivity contribution in [3.8, 4) is 0 Å². The van der Waals surface area contributed by atoms with E-state index in [1.54, 1.807) is 16.9 Å². The molecule has 1 aliphatic rings. The molecule has 1 aromatic carbocycles. The first kappa shape index (κ1) is 16.8. The normalized spacial score (nSPS) is 14.4. The van der Waals surface area contributed by atoms with Gasteiger partial charge in [0.15, 0.2) is 11.6 Å². The Balaban J connectivity index is 1.40. The number of hydrogen-bond donors (Lipinski definition) is 2. The van der Waals surface area contributed by atoms with E-state index in [4.69, 9.17) is 17.3 Å².